The van der Waals surface area contributed by atoms with Crippen LogP contribution in [0.5, 0.6) is 0 Å². The van der Waals surface area contributed by atoms with Crippen LogP contribution in [0, 0.1) is 11.3 Å². The van der Waals surface area contributed by atoms with Crippen molar-refractivity contribution in [1.82, 2.24) is 9.97 Å². The summed E-state index contributed by atoms with van der Waals surface area (Å²) in [5.41, 5.74) is 16.9. The first-order valence-electron chi connectivity index (χ1n) is 19.4. The Hall–Kier alpha value is -7.32. The van der Waals surface area contributed by atoms with Crippen LogP contribution in [-0.2, 0) is 5.41 Å². The molecule has 3 nitrogen and oxygen atoms in total. The molecule has 1 aromatic heterocycles. The Morgan fingerprint density at radius 2 is 0.914 bits per heavy atom. The van der Waals surface area contributed by atoms with Gasteiger partial charge in [0.2, 0.25) is 0 Å². The van der Waals surface area contributed by atoms with E-state index in [9.17, 15) is 5.26 Å². The van der Waals surface area contributed by atoms with Gasteiger partial charge in [0.15, 0.2) is 5.82 Å². The first-order valence-corrected chi connectivity index (χ1v) is 20.3. The Kier molecular flexibility index (Phi) is 8.03. The van der Waals surface area contributed by atoms with Crippen LogP contribution in [-0.4, -0.2) is 9.97 Å². The third-order valence-electron chi connectivity index (χ3n) is 11.6. The molecule has 1 spiro atoms. The van der Waals surface area contributed by atoms with E-state index < -0.39 is 5.41 Å². The van der Waals surface area contributed by atoms with Crippen molar-refractivity contribution in [3.8, 4) is 73.4 Å². The number of nitriles is 1. The summed E-state index contributed by atoms with van der Waals surface area (Å²) in [5.74, 6) is 0.688. The fraction of sp³-hybridized carbons (Fsp3) is 0.0185. The Labute approximate surface area is 342 Å². The smallest absolute Gasteiger partial charge is 0.160 e. The number of aromatic nitrogens is 2. The highest BCUT2D eigenvalue weighted by Crippen LogP contribution is 2.62. The number of hydrogen-bond acceptors (Lipinski definition) is 4. The Bertz CT molecular complexity index is 3090. The number of benzene rings is 8. The molecule has 0 fully saturated rings. The Balaban J connectivity index is 1.15. The molecule has 1 aliphatic carbocycles. The van der Waals surface area contributed by atoms with Crippen LogP contribution < -0.4 is 0 Å². The molecule has 270 valence electrons. The summed E-state index contributed by atoms with van der Waals surface area (Å²) in [6.45, 7) is 0. The van der Waals surface area contributed by atoms with Crippen LogP contribution in [0.3, 0.4) is 0 Å². The largest absolute Gasteiger partial charge is 0.228 e. The van der Waals surface area contributed by atoms with Crippen molar-refractivity contribution < 1.29 is 0 Å². The molecular formula is C54H33N3S. The van der Waals surface area contributed by atoms with Crippen LogP contribution in [0.4, 0.5) is 0 Å². The van der Waals surface area contributed by atoms with Crippen molar-refractivity contribution in [2.24, 2.45) is 0 Å². The lowest BCUT2D eigenvalue weighted by Gasteiger charge is -2.40. The van der Waals surface area contributed by atoms with Gasteiger partial charge >= 0.3 is 0 Å². The normalized spacial score (nSPS) is 14.5. The predicted octanol–water partition coefficient (Wildman–Crippen LogP) is 13.5. The highest BCUT2D eigenvalue weighted by molar-refractivity contribution is 7.99. The summed E-state index contributed by atoms with van der Waals surface area (Å²) in [6.07, 6.45) is 0. The van der Waals surface area contributed by atoms with E-state index in [4.69, 9.17) is 9.97 Å². The maximum absolute atomic E-state index is 9.52. The van der Waals surface area contributed by atoms with Gasteiger partial charge in [-0.3, -0.25) is 0 Å². The van der Waals surface area contributed by atoms with Gasteiger partial charge in [0, 0.05) is 26.5 Å². The SMILES string of the molecule is N#Cc1ccc(-c2ccc3c(c2)C2(c4ccccc4S3)c3ccccc3-c3ccc(-c4cc(-c5cccc(-c6ccccc6)c5)nc(-c5ccccc5)n4)cc32)cc1. The van der Waals surface area contributed by atoms with E-state index >= 15 is 0 Å². The van der Waals surface area contributed by atoms with Gasteiger partial charge in [-0.25, -0.2) is 9.97 Å². The number of rotatable bonds is 5. The molecule has 8 aromatic carbocycles. The van der Waals surface area contributed by atoms with Crippen molar-refractivity contribution in [2.45, 2.75) is 15.2 Å². The number of fused-ring (bicyclic) bond motifs is 9. The predicted molar refractivity (Wildman–Crippen MR) is 235 cm³/mol. The second-order valence-electron chi connectivity index (χ2n) is 14.8. The van der Waals surface area contributed by atoms with Crippen LogP contribution >= 0.6 is 11.8 Å². The van der Waals surface area contributed by atoms with Crippen LogP contribution in [0.15, 0.2) is 210 Å². The minimum absolute atomic E-state index is 0.580. The van der Waals surface area contributed by atoms with E-state index in [1.807, 2.05) is 48.2 Å². The summed E-state index contributed by atoms with van der Waals surface area (Å²) in [6, 6.07) is 73.3. The van der Waals surface area contributed by atoms with Crippen molar-refractivity contribution in [1.29, 1.82) is 5.26 Å². The number of nitrogens with zero attached hydrogens (tertiary/aromatic N) is 3. The molecule has 11 rings (SSSR count). The second-order valence-corrected chi connectivity index (χ2v) is 15.9. The van der Waals surface area contributed by atoms with Crippen molar-refractivity contribution >= 4 is 11.8 Å². The van der Waals surface area contributed by atoms with Crippen LogP contribution in [0.25, 0.3) is 67.3 Å². The van der Waals surface area contributed by atoms with Crippen LogP contribution in [0.1, 0.15) is 27.8 Å². The van der Waals surface area contributed by atoms with Crippen molar-refractivity contribution in [2.75, 3.05) is 0 Å². The zero-order valence-electron chi connectivity index (χ0n) is 31.3. The van der Waals surface area contributed by atoms with Crippen molar-refractivity contribution in [3.63, 3.8) is 0 Å². The molecule has 1 aliphatic heterocycles. The lowest BCUT2D eigenvalue weighted by Crippen LogP contribution is -2.32. The van der Waals surface area contributed by atoms with E-state index in [2.05, 4.69) is 170 Å². The van der Waals surface area contributed by atoms with E-state index in [0.717, 1.165) is 44.8 Å². The van der Waals surface area contributed by atoms with Gasteiger partial charge in [-0.1, -0.05) is 163 Å². The lowest BCUT2D eigenvalue weighted by atomic mass is 9.66. The molecule has 0 bridgehead atoms. The molecule has 0 saturated heterocycles. The van der Waals surface area contributed by atoms with E-state index in [-0.39, 0.29) is 0 Å². The minimum Gasteiger partial charge on any atom is -0.228 e. The molecule has 1 atom stereocenters. The molecule has 58 heavy (non-hydrogen) atoms. The lowest BCUT2D eigenvalue weighted by molar-refractivity contribution is 0.723. The molecule has 2 aliphatic rings. The third-order valence-corrected chi connectivity index (χ3v) is 12.8. The number of hydrogen-bond donors (Lipinski definition) is 0. The quantitative estimate of drug-likeness (QED) is 0.175. The minimum atomic E-state index is -0.580. The molecule has 2 heterocycles. The summed E-state index contributed by atoms with van der Waals surface area (Å²) in [7, 11) is 0. The summed E-state index contributed by atoms with van der Waals surface area (Å²) < 4.78 is 0. The van der Waals surface area contributed by atoms with Gasteiger partial charge in [-0.15, -0.1) is 0 Å². The molecule has 0 saturated carbocycles. The Morgan fingerprint density at radius 1 is 0.379 bits per heavy atom. The summed E-state index contributed by atoms with van der Waals surface area (Å²) >= 11 is 1.84. The zero-order chi connectivity index (χ0) is 38.6. The van der Waals surface area contributed by atoms with E-state index in [0.29, 0.717) is 11.4 Å². The first-order chi connectivity index (χ1) is 28.7. The summed E-state index contributed by atoms with van der Waals surface area (Å²) in [5, 5.41) is 9.52. The van der Waals surface area contributed by atoms with Gasteiger partial charge < -0.3 is 0 Å². The second kappa shape index (κ2) is 13.7. The fourth-order valence-electron chi connectivity index (χ4n) is 8.92. The average molecular weight is 756 g/mol. The van der Waals surface area contributed by atoms with E-state index in [1.54, 1.807) is 0 Å². The molecule has 0 amide bonds. The molecule has 0 N–H and O–H groups in total. The van der Waals surface area contributed by atoms with Gasteiger partial charge in [-0.2, -0.15) is 5.26 Å². The highest BCUT2D eigenvalue weighted by atomic mass is 32.2. The molecular weight excluding hydrogens is 723 g/mol. The maximum atomic E-state index is 9.52. The first kappa shape index (κ1) is 34.0. The standard InChI is InChI=1S/C54H33N3S/c55-34-35-22-24-37(25-23-35)40-27-29-52-48(31-40)54(46-20-9-10-21-51(46)58-52)45-19-8-7-18-43(45)44-28-26-42(32-47(44)54)50-33-49(56-53(57-50)38-14-5-2-6-15-38)41-17-11-16-39(30-41)36-12-3-1-4-13-36/h1-33H. The van der Waals surface area contributed by atoms with Crippen molar-refractivity contribution in [3.05, 3.63) is 228 Å². The monoisotopic (exact) mass is 755 g/mol. The molecule has 1 unspecified atom stereocenters. The van der Waals surface area contributed by atoms with Gasteiger partial charge in [-0.05, 0) is 104 Å². The Morgan fingerprint density at radius 3 is 1.69 bits per heavy atom. The fourth-order valence-corrected chi connectivity index (χ4v) is 10.1. The van der Waals surface area contributed by atoms with Gasteiger partial charge in [0.1, 0.15) is 0 Å². The third kappa shape index (κ3) is 5.44. The topological polar surface area (TPSA) is 49.6 Å². The van der Waals surface area contributed by atoms with Gasteiger partial charge in [0.25, 0.3) is 0 Å². The summed E-state index contributed by atoms with van der Waals surface area (Å²) in [4.78, 5) is 13.0. The molecule has 4 heteroatoms. The van der Waals surface area contributed by atoms with E-state index in [1.165, 1.54) is 48.7 Å². The zero-order valence-corrected chi connectivity index (χ0v) is 32.1. The average Bonchev–Trinajstić information content (AvgIpc) is 3.59. The molecule has 0 radical (unpaired) electrons. The molecule has 9 aromatic rings. The highest BCUT2D eigenvalue weighted by Gasteiger charge is 2.50. The van der Waals surface area contributed by atoms with Crippen LogP contribution in [0.2, 0.25) is 0 Å². The maximum Gasteiger partial charge on any atom is 0.160 e. The van der Waals surface area contributed by atoms with Gasteiger partial charge in [0.05, 0.1) is 28.4 Å².